The number of hydrogen-bond acceptors (Lipinski definition) is 4. The van der Waals surface area contributed by atoms with Crippen LogP contribution in [-0.2, 0) is 6.42 Å². The molecule has 0 amide bonds. The second-order valence-electron chi connectivity index (χ2n) is 6.90. The van der Waals surface area contributed by atoms with Crippen molar-refractivity contribution in [3.05, 3.63) is 76.3 Å². The quantitative estimate of drug-likeness (QED) is 0.504. The van der Waals surface area contributed by atoms with E-state index in [1.807, 2.05) is 48.5 Å². The Bertz CT molecular complexity index is 1120. The van der Waals surface area contributed by atoms with E-state index in [-0.39, 0.29) is 5.63 Å². The Morgan fingerprint density at radius 2 is 1.65 bits per heavy atom. The summed E-state index contributed by atoms with van der Waals surface area (Å²) in [7, 11) is 0. The van der Waals surface area contributed by atoms with Crippen molar-refractivity contribution in [2.24, 2.45) is 0 Å². The zero-order chi connectivity index (χ0) is 17.5. The highest BCUT2D eigenvalue weighted by Crippen LogP contribution is 2.26. The van der Waals surface area contributed by atoms with Crippen molar-refractivity contribution in [3.8, 4) is 0 Å². The van der Waals surface area contributed by atoms with Gasteiger partial charge in [-0.2, -0.15) is 0 Å². The fourth-order valence-electron chi connectivity index (χ4n) is 3.75. The SMILES string of the molecule is O=c1oc2cc(N3CCCC3)ccc2cc1Cc1cc2ccccc2o1. The Morgan fingerprint density at radius 3 is 2.50 bits per heavy atom. The van der Waals surface area contributed by atoms with Crippen molar-refractivity contribution in [1.82, 2.24) is 0 Å². The predicted octanol–water partition coefficient (Wildman–Crippen LogP) is 4.73. The molecule has 0 unspecified atom stereocenters. The molecule has 0 atom stereocenters. The predicted molar refractivity (Wildman–Crippen MR) is 103 cm³/mol. The number of benzene rings is 2. The summed E-state index contributed by atoms with van der Waals surface area (Å²) in [5.41, 5.74) is 2.93. The molecule has 26 heavy (non-hydrogen) atoms. The standard InChI is InChI=1S/C22H19NO3/c24-22-17(13-19-12-15-5-1-2-6-20(15)25-19)11-16-7-8-18(14-21(16)26-22)23-9-3-4-10-23/h1-2,5-8,11-12,14H,3-4,9-10,13H2. The van der Waals surface area contributed by atoms with Crippen LogP contribution in [0.2, 0.25) is 0 Å². The van der Waals surface area contributed by atoms with Gasteiger partial charge in [0, 0.05) is 47.6 Å². The van der Waals surface area contributed by atoms with Gasteiger partial charge in [-0.15, -0.1) is 0 Å². The van der Waals surface area contributed by atoms with Crippen molar-refractivity contribution in [1.29, 1.82) is 0 Å². The molecule has 3 heterocycles. The molecule has 1 aliphatic rings. The highest BCUT2D eigenvalue weighted by atomic mass is 16.4. The Hall–Kier alpha value is -3.01. The average Bonchev–Trinajstić information content (AvgIpc) is 3.31. The van der Waals surface area contributed by atoms with Gasteiger partial charge in [-0.1, -0.05) is 18.2 Å². The van der Waals surface area contributed by atoms with Gasteiger partial charge in [-0.3, -0.25) is 0 Å². The first kappa shape index (κ1) is 15.3. The lowest BCUT2D eigenvalue weighted by Crippen LogP contribution is -2.17. The third-order valence-electron chi connectivity index (χ3n) is 5.10. The van der Waals surface area contributed by atoms with E-state index in [4.69, 9.17) is 8.83 Å². The van der Waals surface area contributed by atoms with Crippen LogP contribution in [0.15, 0.2) is 68.2 Å². The Kier molecular flexibility index (Phi) is 3.56. The molecule has 1 saturated heterocycles. The number of hydrogen-bond donors (Lipinski definition) is 0. The maximum absolute atomic E-state index is 12.5. The van der Waals surface area contributed by atoms with Crippen LogP contribution in [-0.4, -0.2) is 13.1 Å². The maximum Gasteiger partial charge on any atom is 0.339 e. The smallest absolute Gasteiger partial charge is 0.339 e. The van der Waals surface area contributed by atoms with E-state index in [0.29, 0.717) is 17.6 Å². The van der Waals surface area contributed by atoms with Crippen LogP contribution >= 0.6 is 0 Å². The molecule has 2 aromatic carbocycles. The van der Waals surface area contributed by atoms with E-state index in [0.717, 1.165) is 40.9 Å². The molecule has 4 nitrogen and oxygen atoms in total. The Morgan fingerprint density at radius 1 is 0.846 bits per heavy atom. The number of fused-ring (bicyclic) bond motifs is 2. The number of para-hydroxylation sites is 1. The lowest BCUT2D eigenvalue weighted by atomic mass is 10.1. The molecule has 4 aromatic rings. The minimum Gasteiger partial charge on any atom is -0.461 e. The van der Waals surface area contributed by atoms with Crippen molar-refractivity contribution < 1.29 is 8.83 Å². The second kappa shape index (κ2) is 6.06. The van der Waals surface area contributed by atoms with Crippen LogP contribution in [0.1, 0.15) is 24.2 Å². The van der Waals surface area contributed by atoms with Crippen LogP contribution in [0.5, 0.6) is 0 Å². The van der Waals surface area contributed by atoms with E-state index in [1.165, 1.54) is 12.8 Å². The van der Waals surface area contributed by atoms with Crippen LogP contribution in [0.3, 0.4) is 0 Å². The van der Waals surface area contributed by atoms with Gasteiger partial charge in [-0.05, 0) is 43.2 Å². The fourth-order valence-corrected chi connectivity index (χ4v) is 3.75. The molecule has 0 N–H and O–H groups in total. The third kappa shape index (κ3) is 2.68. The van der Waals surface area contributed by atoms with Crippen molar-refractivity contribution in [3.63, 3.8) is 0 Å². The van der Waals surface area contributed by atoms with E-state index in [2.05, 4.69) is 11.0 Å². The molecule has 0 radical (unpaired) electrons. The molecule has 2 aromatic heterocycles. The highest BCUT2D eigenvalue weighted by Gasteiger charge is 2.14. The maximum atomic E-state index is 12.5. The van der Waals surface area contributed by atoms with Crippen LogP contribution in [0.4, 0.5) is 5.69 Å². The minimum atomic E-state index is -0.295. The van der Waals surface area contributed by atoms with E-state index >= 15 is 0 Å². The summed E-state index contributed by atoms with van der Waals surface area (Å²) in [6.07, 6.45) is 2.87. The second-order valence-corrected chi connectivity index (χ2v) is 6.90. The Balaban J connectivity index is 1.50. The molecule has 1 fully saturated rings. The molecule has 4 heteroatoms. The van der Waals surface area contributed by atoms with E-state index < -0.39 is 0 Å². The lowest BCUT2D eigenvalue weighted by Gasteiger charge is -2.17. The summed E-state index contributed by atoms with van der Waals surface area (Å²) in [6, 6.07) is 17.9. The van der Waals surface area contributed by atoms with Gasteiger partial charge in [-0.25, -0.2) is 4.79 Å². The van der Waals surface area contributed by atoms with Crippen molar-refractivity contribution in [2.75, 3.05) is 18.0 Å². The van der Waals surface area contributed by atoms with Crippen LogP contribution in [0.25, 0.3) is 21.9 Å². The van der Waals surface area contributed by atoms with Crippen LogP contribution in [0, 0.1) is 0 Å². The van der Waals surface area contributed by atoms with Gasteiger partial charge in [0.25, 0.3) is 0 Å². The number of rotatable bonds is 3. The fraction of sp³-hybridized carbons (Fsp3) is 0.227. The van der Waals surface area contributed by atoms with Gasteiger partial charge in [0.15, 0.2) is 0 Å². The summed E-state index contributed by atoms with van der Waals surface area (Å²) < 4.78 is 11.5. The van der Waals surface area contributed by atoms with Gasteiger partial charge >= 0.3 is 5.63 Å². The Labute approximate surface area is 150 Å². The molecule has 1 aliphatic heterocycles. The number of nitrogens with zero attached hydrogens (tertiary/aromatic N) is 1. The summed E-state index contributed by atoms with van der Waals surface area (Å²) in [5.74, 6) is 0.770. The monoisotopic (exact) mass is 345 g/mol. The average molecular weight is 345 g/mol. The lowest BCUT2D eigenvalue weighted by molar-refractivity contribution is 0.534. The molecule has 5 rings (SSSR count). The molecule has 0 bridgehead atoms. The molecule has 0 spiro atoms. The van der Waals surface area contributed by atoms with Gasteiger partial charge in [0.05, 0.1) is 0 Å². The summed E-state index contributed by atoms with van der Waals surface area (Å²) in [5, 5.41) is 1.99. The molecule has 0 aliphatic carbocycles. The first-order chi connectivity index (χ1) is 12.8. The first-order valence-electron chi connectivity index (χ1n) is 9.05. The summed E-state index contributed by atoms with van der Waals surface area (Å²) in [6.45, 7) is 2.14. The zero-order valence-corrected chi connectivity index (χ0v) is 14.4. The summed E-state index contributed by atoms with van der Waals surface area (Å²) >= 11 is 0. The minimum absolute atomic E-state index is 0.295. The number of furan rings is 1. The third-order valence-corrected chi connectivity index (χ3v) is 5.10. The van der Waals surface area contributed by atoms with Gasteiger partial charge < -0.3 is 13.7 Å². The van der Waals surface area contributed by atoms with E-state index in [1.54, 1.807) is 0 Å². The van der Waals surface area contributed by atoms with Gasteiger partial charge in [0.1, 0.15) is 16.9 Å². The molecule has 130 valence electrons. The van der Waals surface area contributed by atoms with Crippen LogP contribution < -0.4 is 10.5 Å². The first-order valence-corrected chi connectivity index (χ1v) is 9.05. The molecular weight excluding hydrogens is 326 g/mol. The summed E-state index contributed by atoms with van der Waals surface area (Å²) in [4.78, 5) is 14.8. The van der Waals surface area contributed by atoms with Gasteiger partial charge in [0.2, 0.25) is 0 Å². The number of anilines is 1. The zero-order valence-electron chi connectivity index (χ0n) is 14.4. The molecule has 0 saturated carbocycles. The van der Waals surface area contributed by atoms with Crippen molar-refractivity contribution >= 4 is 27.6 Å². The topological polar surface area (TPSA) is 46.6 Å². The highest BCUT2D eigenvalue weighted by molar-refractivity contribution is 5.81. The van der Waals surface area contributed by atoms with Crippen molar-refractivity contribution in [2.45, 2.75) is 19.3 Å². The van der Waals surface area contributed by atoms with E-state index in [9.17, 15) is 4.79 Å². The normalized spacial score (nSPS) is 14.5. The molecular formula is C22H19NO3. The largest absolute Gasteiger partial charge is 0.461 e.